The SMILES string of the molecule is Cc1ccc(S(=O)(=O)n2cc(-c3cccc(F)c3)c(S(=O)(=O)Cl)c2)cc1. The number of aromatic nitrogens is 1. The summed E-state index contributed by atoms with van der Waals surface area (Å²) in [6.45, 7) is 1.81. The molecule has 26 heavy (non-hydrogen) atoms. The van der Waals surface area contributed by atoms with Crippen molar-refractivity contribution in [3.8, 4) is 11.1 Å². The Morgan fingerprint density at radius 1 is 0.962 bits per heavy atom. The average molecular weight is 414 g/mol. The van der Waals surface area contributed by atoms with Gasteiger partial charge in [-0.15, -0.1) is 0 Å². The lowest BCUT2D eigenvalue weighted by atomic mass is 10.1. The molecule has 1 heterocycles. The molecule has 0 atom stereocenters. The molecule has 5 nitrogen and oxygen atoms in total. The van der Waals surface area contributed by atoms with Gasteiger partial charge in [0, 0.05) is 28.6 Å². The minimum atomic E-state index is -4.26. The van der Waals surface area contributed by atoms with E-state index in [0.717, 1.165) is 28.0 Å². The smallest absolute Gasteiger partial charge is 0.247 e. The summed E-state index contributed by atoms with van der Waals surface area (Å²) < 4.78 is 63.7. The van der Waals surface area contributed by atoms with Gasteiger partial charge in [0.25, 0.3) is 19.1 Å². The van der Waals surface area contributed by atoms with Crippen LogP contribution in [0.1, 0.15) is 5.56 Å². The van der Waals surface area contributed by atoms with Gasteiger partial charge in [-0.3, -0.25) is 0 Å². The van der Waals surface area contributed by atoms with Gasteiger partial charge in [-0.2, -0.15) is 0 Å². The van der Waals surface area contributed by atoms with Crippen LogP contribution in [-0.4, -0.2) is 20.8 Å². The van der Waals surface area contributed by atoms with Crippen molar-refractivity contribution in [1.82, 2.24) is 3.97 Å². The summed E-state index contributed by atoms with van der Waals surface area (Å²) in [5, 5.41) is 0. The number of benzene rings is 2. The maximum atomic E-state index is 13.5. The first-order valence-electron chi connectivity index (χ1n) is 7.34. The zero-order valence-corrected chi connectivity index (χ0v) is 15.8. The zero-order valence-electron chi connectivity index (χ0n) is 13.4. The van der Waals surface area contributed by atoms with Gasteiger partial charge in [-0.05, 0) is 36.8 Å². The molecule has 0 aliphatic rings. The van der Waals surface area contributed by atoms with Crippen LogP contribution < -0.4 is 0 Å². The van der Waals surface area contributed by atoms with Crippen molar-refractivity contribution < 1.29 is 21.2 Å². The van der Waals surface area contributed by atoms with Gasteiger partial charge in [0.05, 0.1) is 4.90 Å². The van der Waals surface area contributed by atoms with E-state index in [1.165, 1.54) is 30.3 Å². The van der Waals surface area contributed by atoms with Crippen LogP contribution in [0.25, 0.3) is 11.1 Å². The predicted molar refractivity (Wildman–Crippen MR) is 96.6 cm³/mol. The van der Waals surface area contributed by atoms with Crippen molar-refractivity contribution in [1.29, 1.82) is 0 Å². The molecule has 0 aliphatic heterocycles. The first-order valence-corrected chi connectivity index (χ1v) is 11.1. The molecular formula is C17H13ClFNO4S2. The number of rotatable bonds is 4. The van der Waals surface area contributed by atoms with E-state index in [2.05, 4.69) is 0 Å². The lowest BCUT2D eigenvalue weighted by molar-refractivity contribution is 0.587. The van der Waals surface area contributed by atoms with Gasteiger partial charge in [-0.25, -0.2) is 25.2 Å². The molecule has 0 saturated heterocycles. The Hall–Kier alpha value is -2.16. The maximum absolute atomic E-state index is 13.5. The fourth-order valence-corrected chi connectivity index (χ4v) is 4.77. The molecule has 0 radical (unpaired) electrons. The molecular weight excluding hydrogens is 401 g/mol. The molecule has 3 rings (SSSR count). The number of aryl methyl sites for hydroxylation is 1. The summed E-state index contributed by atoms with van der Waals surface area (Å²) in [5.41, 5.74) is 1.07. The van der Waals surface area contributed by atoms with Crippen LogP contribution in [0.5, 0.6) is 0 Å². The van der Waals surface area contributed by atoms with Crippen molar-refractivity contribution in [2.45, 2.75) is 16.7 Å². The second kappa shape index (κ2) is 6.53. The third kappa shape index (κ3) is 3.53. The largest absolute Gasteiger partial charge is 0.267 e. The van der Waals surface area contributed by atoms with Crippen LogP contribution in [0, 0.1) is 12.7 Å². The van der Waals surface area contributed by atoms with E-state index in [0.29, 0.717) is 0 Å². The van der Waals surface area contributed by atoms with Crippen molar-refractivity contribution >= 4 is 29.8 Å². The van der Waals surface area contributed by atoms with Crippen LogP contribution in [0.4, 0.5) is 4.39 Å². The highest BCUT2D eigenvalue weighted by Crippen LogP contribution is 2.32. The number of hydrogen-bond donors (Lipinski definition) is 0. The molecule has 0 amide bonds. The van der Waals surface area contributed by atoms with Crippen molar-refractivity contribution in [3.05, 3.63) is 72.3 Å². The Balaban J connectivity index is 2.23. The number of hydrogen-bond acceptors (Lipinski definition) is 4. The van der Waals surface area contributed by atoms with Gasteiger partial charge >= 0.3 is 0 Å². The zero-order chi connectivity index (χ0) is 19.1. The Morgan fingerprint density at radius 2 is 1.62 bits per heavy atom. The fourth-order valence-electron chi connectivity index (χ4n) is 2.45. The molecule has 9 heteroatoms. The third-order valence-corrected chi connectivity index (χ3v) is 6.74. The van der Waals surface area contributed by atoms with E-state index >= 15 is 0 Å². The first kappa shape index (κ1) is 18.6. The van der Waals surface area contributed by atoms with Gasteiger partial charge in [0.15, 0.2) is 0 Å². The molecule has 0 bridgehead atoms. The van der Waals surface area contributed by atoms with Crippen molar-refractivity contribution in [2.24, 2.45) is 0 Å². The minimum absolute atomic E-state index is 0.00446. The van der Waals surface area contributed by atoms with Crippen LogP contribution in [-0.2, 0) is 19.1 Å². The Labute approximate surface area is 155 Å². The van der Waals surface area contributed by atoms with E-state index in [-0.39, 0.29) is 16.0 Å². The molecule has 0 spiro atoms. The summed E-state index contributed by atoms with van der Waals surface area (Å²) >= 11 is 0. The molecule has 0 aliphatic carbocycles. The number of nitrogens with zero attached hydrogens (tertiary/aromatic N) is 1. The molecule has 0 N–H and O–H groups in total. The molecule has 3 aromatic rings. The van der Waals surface area contributed by atoms with Gasteiger partial charge in [0.1, 0.15) is 10.7 Å². The first-order chi connectivity index (χ1) is 12.1. The van der Waals surface area contributed by atoms with Gasteiger partial charge in [-0.1, -0.05) is 29.8 Å². The molecule has 0 saturated carbocycles. The molecule has 0 fully saturated rings. The molecule has 1 aromatic heterocycles. The van der Waals surface area contributed by atoms with Gasteiger partial charge < -0.3 is 0 Å². The van der Waals surface area contributed by atoms with Crippen molar-refractivity contribution in [2.75, 3.05) is 0 Å². The Morgan fingerprint density at radius 3 is 2.19 bits per heavy atom. The van der Waals surface area contributed by atoms with Crippen molar-refractivity contribution in [3.63, 3.8) is 0 Å². The summed E-state index contributed by atoms with van der Waals surface area (Å²) in [7, 11) is -2.84. The lowest BCUT2D eigenvalue weighted by Crippen LogP contribution is -2.10. The number of halogens is 2. The van der Waals surface area contributed by atoms with E-state index in [9.17, 15) is 21.2 Å². The molecule has 2 aromatic carbocycles. The Bertz CT molecular complexity index is 1180. The molecule has 136 valence electrons. The summed E-state index contributed by atoms with van der Waals surface area (Å²) in [4.78, 5) is -0.428. The highest BCUT2D eigenvalue weighted by molar-refractivity contribution is 8.13. The monoisotopic (exact) mass is 413 g/mol. The second-order valence-corrected chi connectivity index (χ2v) is 10.0. The summed E-state index contributed by atoms with van der Waals surface area (Å²) in [6, 6.07) is 11.2. The van der Waals surface area contributed by atoms with Crippen LogP contribution in [0.2, 0.25) is 0 Å². The maximum Gasteiger partial charge on any atom is 0.267 e. The van der Waals surface area contributed by atoms with Crippen LogP contribution in [0.15, 0.2) is 70.7 Å². The Kier molecular flexibility index (Phi) is 4.68. The third-order valence-electron chi connectivity index (χ3n) is 3.76. The summed E-state index contributed by atoms with van der Waals surface area (Å²) in [6.07, 6.45) is 2.02. The highest BCUT2D eigenvalue weighted by Gasteiger charge is 2.25. The minimum Gasteiger partial charge on any atom is -0.247 e. The fraction of sp³-hybridized carbons (Fsp3) is 0.0588. The quantitative estimate of drug-likeness (QED) is 0.610. The molecule has 0 unspecified atom stereocenters. The summed E-state index contributed by atoms with van der Waals surface area (Å²) in [5.74, 6) is -0.588. The van der Waals surface area contributed by atoms with E-state index in [1.54, 1.807) is 12.1 Å². The highest BCUT2D eigenvalue weighted by atomic mass is 35.7. The van der Waals surface area contributed by atoms with E-state index < -0.39 is 29.8 Å². The van der Waals surface area contributed by atoms with E-state index in [1.807, 2.05) is 6.92 Å². The van der Waals surface area contributed by atoms with E-state index in [4.69, 9.17) is 10.7 Å². The second-order valence-electron chi connectivity index (χ2n) is 5.63. The normalized spacial score (nSPS) is 12.3. The standard InChI is InChI=1S/C17H13ClFNO4S2/c1-12-5-7-15(8-6-12)26(23,24)20-10-16(17(11-20)25(18,21)22)13-3-2-4-14(19)9-13/h2-11H,1H3. The van der Waals surface area contributed by atoms with Crippen LogP contribution >= 0.6 is 10.7 Å². The van der Waals surface area contributed by atoms with Crippen LogP contribution in [0.3, 0.4) is 0 Å². The van der Waals surface area contributed by atoms with Gasteiger partial charge in [0.2, 0.25) is 0 Å². The topological polar surface area (TPSA) is 73.2 Å². The predicted octanol–water partition coefficient (Wildman–Crippen LogP) is 3.77. The lowest BCUT2D eigenvalue weighted by Gasteiger charge is -2.05. The average Bonchev–Trinajstić information content (AvgIpc) is 3.02.